The molecule has 0 aliphatic rings. The largest absolute Gasteiger partial charge is 0.464 e. The molecule has 8 heterocycles. The first-order valence-electron chi connectivity index (χ1n) is 45.8. The van der Waals surface area contributed by atoms with Crippen molar-refractivity contribution in [1.82, 2.24) is 13.7 Å². The van der Waals surface area contributed by atoms with E-state index in [9.17, 15) is 0 Å². The van der Waals surface area contributed by atoms with Gasteiger partial charge < -0.3 is 36.3 Å². The maximum Gasteiger partial charge on any atom is 0.135 e. The van der Waals surface area contributed by atoms with E-state index in [0.29, 0.717) is 0 Å². The normalized spacial score (nSPS) is 12.0. The molecule has 30 aromatic rings. The minimum atomic E-state index is 0.899. The predicted octanol–water partition coefficient (Wildman–Crippen LogP) is 36.2. The van der Waals surface area contributed by atoms with Crippen LogP contribution >= 0.6 is 11.3 Å². The summed E-state index contributed by atoms with van der Waals surface area (Å²) in [6.07, 6.45) is 5.34. The van der Waals surface area contributed by atoms with Crippen molar-refractivity contribution in [3.63, 3.8) is 0 Å². The number of rotatable bonds is 9. The molecule has 0 saturated heterocycles. The van der Waals surface area contributed by atoms with Crippen LogP contribution in [-0.4, -0.2) is 13.7 Å². The molecule has 0 amide bonds. The lowest BCUT2D eigenvalue weighted by Crippen LogP contribution is -2.09. The van der Waals surface area contributed by atoms with Gasteiger partial charge in [-0.3, -0.25) is 0 Å². The zero-order chi connectivity index (χ0) is 88.5. The summed E-state index contributed by atoms with van der Waals surface area (Å²) in [5.41, 5.74) is 25.8. The van der Waals surface area contributed by atoms with Crippen molar-refractivity contribution in [1.29, 1.82) is 0 Å². The molecule has 30 rings (SSSR count). The lowest BCUT2D eigenvalue weighted by Gasteiger charge is -2.25. The summed E-state index contributed by atoms with van der Waals surface area (Å²) in [6, 6.07) is 160. The molecule has 0 radical (unpaired) electrons. The molecule has 0 N–H and O–H groups in total. The van der Waals surface area contributed by atoms with Crippen LogP contribution in [0.1, 0.15) is 0 Å². The van der Waals surface area contributed by atoms with Gasteiger partial charge in [-0.25, -0.2) is 0 Å². The second-order valence-corrected chi connectivity index (χ2v) is 36.4. The minimum absolute atomic E-state index is 0.899. The van der Waals surface area contributed by atoms with Gasteiger partial charge in [0.15, 0.2) is 0 Å². The Morgan fingerprint density at radius 2 is 0.556 bits per heavy atom. The van der Waals surface area contributed by atoms with Gasteiger partial charge in [-0.15, -0.1) is 11.3 Å². The zero-order valence-electron chi connectivity index (χ0n) is 72.7. The molecular weight excluding hydrogens is 1670 g/mol. The molecule has 630 valence electrons. The van der Waals surface area contributed by atoms with Crippen molar-refractivity contribution >= 4 is 233 Å². The number of hydrogen-bond acceptors (Lipinski definition) is 6. The summed E-state index contributed by atoms with van der Waals surface area (Å²) < 4.78 is 33.6. The van der Waals surface area contributed by atoms with Crippen molar-refractivity contribution in [2.45, 2.75) is 0 Å². The number of thiophene rings is 1. The number of benzene rings is 22. The monoisotopic (exact) mass is 1740 g/mol. The molecule has 0 unspecified atom stereocenters. The van der Waals surface area contributed by atoms with E-state index in [1.165, 1.54) is 167 Å². The first-order valence-corrected chi connectivity index (χ1v) is 46.7. The highest BCUT2D eigenvalue weighted by Gasteiger charge is 2.25. The fourth-order valence-corrected chi connectivity index (χ4v) is 23.0. The summed E-state index contributed by atoms with van der Waals surface area (Å²) in [6.45, 7) is 0. The highest BCUT2D eigenvalue weighted by atomic mass is 32.1. The molecule has 0 bridgehead atoms. The van der Waals surface area contributed by atoms with E-state index in [-0.39, 0.29) is 0 Å². The third-order valence-corrected chi connectivity index (χ3v) is 29.1. The van der Waals surface area contributed by atoms with Crippen LogP contribution in [0.15, 0.2) is 479 Å². The quantitative estimate of drug-likeness (QED) is 0.135. The van der Waals surface area contributed by atoms with Crippen molar-refractivity contribution < 1.29 is 17.7 Å². The molecular formula is C126H76N4O4S. The van der Waals surface area contributed by atoms with Crippen molar-refractivity contribution in [2.75, 3.05) is 4.90 Å². The Labute approximate surface area is 776 Å². The van der Waals surface area contributed by atoms with Crippen molar-refractivity contribution in [3.8, 4) is 50.4 Å². The third-order valence-electron chi connectivity index (χ3n) is 27.8. The van der Waals surface area contributed by atoms with Gasteiger partial charge in [-0.2, -0.15) is 0 Å². The number of furan rings is 4. The SMILES string of the molecule is c1ccc(-n2c3ccccc3c3cc4c(cc32)c(-c2ccc3oc5ccccc5c3c2)cc2cc3occc3cc24)cc1.c1ccc(-n2c3ccccc3c3cc4c(cc32)c(-c2cccc3c2sc2ccccc23)cc2cc3occc3cc24)cc1.c1ccc(N(c2ccccc2)c2ccc(-c3cc4cc5occc5cc4c4cc5c6ccccc6n(-c6ccccc6)c5cc34)cc2)cc1. The van der Waals surface area contributed by atoms with Crippen LogP contribution in [0.2, 0.25) is 0 Å². The number of anilines is 3. The van der Waals surface area contributed by atoms with E-state index >= 15 is 0 Å². The lowest BCUT2D eigenvalue weighted by molar-refractivity contribution is 0.616. The van der Waals surface area contributed by atoms with Gasteiger partial charge in [-0.1, -0.05) is 218 Å². The van der Waals surface area contributed by atoms with Crippen LogP contribution in [-0.2, 0) is 0 Å². The number of fused-ring (bicyclic) bond motifs is 27. The average Bonchev–Trinajstić information content (AvgIpc) is 0.788. The van der Waals surface area contributed by atoms with Crippen LogP contribution in [0.4, 0.5) is 17.1 Å². The first kappa shape index (κ1) is 76.1. The standard InChI is InChI=1S/C46H30N2O.C40H23NO2.C40H23NOS/c1-4-12-34(13-5-1)47(35-14-6-2-7-15-35)37-22-20-31(21-23-37)39-27-33-28-46-32(24-25-49-46)26-40(33)41-29-43-38-18-10-11-19-44(38)48(45(43)30-42(39)41)36-16-8-3-9-17-36;1-2-8-27(9-3-1)41-36-12-6-4-10-28(36)34-22-32-31-19-25-16-17-42-40(25)21-26(31)20-30(33(32)23-37(34)41)24-14-15-39-35(18-24)29-11-5-7-13-38(29)43-39;1-2-9-26(10-3-1)41-36-15-6-4-11-27(36)35-22-33-31-19-24-17-18-42-38(24)21-25(31)20-32(34(33)23-37(35)41)30-14-8-13-29-28-12-5-7-16-39(28)43-40(29)30/h1-30H;2*1-23H. The average molecular weight is 1740 g/mol. The molecule has 0 saturated carbocycles. The zero-order valence-corrected chi connectivity index (χ0v) is 73.5. The Morgan fingerprint density at radius 1 is 0.185 bits per heavy atom. The Kier molecular flexibility index (Phi) is 17.2. The summed E-state index contributed by atoms with van der Waals surface area (Å²) in [5.74, 6) is 0. The Morgan fingerprint density at radius 3 is 1.03 bits per heavy atom. The van der Waals surface area contributed by atoms with Gasteiger partial charge in [-0.05, 0) is 317 Å². The highest BCUT2D eigenvalue weighted by molar-refractivity contribution is 7.26. The summed E-state index contributed by atoms with van der Waals surface area (Å²) >= 11 is 1.88. The van der Waals surface area contributed by atoms with Gasteiger partial charge in [0.25, 0.3) is 0 Å². The number of aromatic nitrogens is 3. The molecule has 0 aliphatic carbocycles. The molecule has 0 aliphatic heterocycles. The first-order chi connectivity index (χ1) is 66.9. The molecule has 0 spiro atoms. The van der Waals surface area contributed by atoms with Gasteiger partial charge >= 0.3 is 0 Å². The Hall–Kier alpha value is -17.8. The van der Waals surface area contributed by atoms with E-state index in [0.717, 1.165) is 105 Å². The topological polar surface area (TPSA) is 70.6 Å². The van der Waals surface area contributed by atoms with Gasteiger partial charge in [0.2, 0.25) is 0 Å². The number of nitrogens with zero attached hydrogens (tertiary/aromatic N) is 4. The Bertz CT molecular complexity index is 10000. The lowest BCUT2D eigenvalue weighted by atomic mass is 9.91. The molecule has 8 nitrogen and oxygen atoms in total. The second kappa shape index (κ2) is 30.4. The molecule has 0 atom stereocenters. The van der Waals surface area contributed by atoms with E-state index in [1.54, 1.807) is 18.8 Å². The van der Waals surface area contributed by atoms with Gasteiger partial charge in [0.1, 0.15) is 27.9 Å². The molecule has 0 fully saturated rings. The predicted molar refractivity (Wildman–Crippen MR) is 568 cm³/mol. The summed E-state index contributed by atoms with van der Waals surface area (Å²) in [4.78, 5) is 2.30. The van der Waals surface area contributed by atoms with E-state index in [1.807, 2.05) is 29.5 Å². The van der Waals surface area contributed by atoms with Crippen LogP contribution in [0, 0.1) is 0 Å². The van der Waals surface area contributed by atoms with Crippen LogP contribution < -0.4 is 4.90 Å². The summed E-state index contributed by atoms with van der Waals surface area (Å²) in [7, 11) is 0. The summed E-state index contributed by atoms with van der Waals surface area (Å²) in [5, 5.41) is 30.4. The molecule has 9 heteroatoms. The van der Waals surface area contributed by atoms with E-state index in [2.05, 4.69) is 443 Å². The molecule has 22 aromatic carbocycles. The molecule has 8 aromatic heterocycles. The second-order valence-electron chi connectivity index (χ2n) is 35.3. The maximum absolute atomic E-state index is 6.18. The fourth-order valence-electron chi connectivity index (χ4n) is 21.7. The van der Waals surface area contributed by atoms with Crippen LogP contribution in [0.5, 0.6) is 0 Å². The Balaban J connectivity index is 0.000000101. The number of para-hydroxylation sites is 9. The van der Waals surface area contributed by atoms with Crippen LogP contribution in [0.25, 0.3) is 256 Å². The third kappa shape index (κ3) is 12.2. The van der Waals surface area contributed by atoms with Crippen LogP contribution in [0.3, 0.4) is 0 Å². The van der Waals surface area contributed by atoms with E-state index in [4.69, 9.17) is 17.7 Å². The van der Waals surface area contributed by atoms with Crippen molar-refractivity contribution in [2.24, 2.45) is 0 Å². The smallest absolute Gasteiger partial charge is 0.135 e. The maximum atomic E-state index is 6.18. The van der Waals surface area contributed by atoms with E-state index < -0.39 is 0 Å². The highest BCUT2D eigenvalue weighted by Crippen LogP contribution is 2.51. The number of hydrogen-bond donors (Lipinski definition) is 0. The molecule has 135 heavy (non-hydrogen) atoms. The minimum Gasteiger partial charge on any atom is -0.464 e. The van der Waals surface area contributed by atoms with Gasteiger partial charge in [0, 0.05) is 119 Å². The van der Waals surface area contributed by atoms with Gasteiger partial charge in [0.05, 0.1) is 51.9 Å². The fraction of sp³-hybridized carbons (Fsp3) is 0. The van der Waals surface area contributed by atoms with Crippen molar-refractivity contribution in [3.05, 3.63) is 462 Å².